The van der Waals surface area contributed by atoms with Crippen LogP contribution >= 0.6 is 35.1 Å². The molecule has 0 spiro atoms. The molecule has 7 atom stereocenters. The number of H-pyrrole nitrogens is 1. The molecule has 1 fully saturated rings. The Hall–Kier alpha value is -0.770. The van der Waals surface area contributed by atoms with E-state index < -0.39 is 70.8 Å². The van der Waals surface area contributed by atoms with Crippen LogP contribution in [0.5, 0.6) is 0 Å². The summed E-state index contributed by atoms with van der Waals surface area (Å²) in [5, 5.41) is 10.4. The van der Waals surface area contributed by atoms with Gasteiger partial charge in [-0.15, -0.1) is 11.6 Å². The molecule has 6 N–H and O–H groups in total. The van der Waals surface area contributed by atoms with Gasteiger partial charge in [0.2, 0.25) is 0 Å². The molecule has 0 aliphatic carbocycles. The predicted molar refractivity (Wildman–Crippen MR) is 100 cm³/mol. The van der Waals surface area contributed by atoms with Crippen molar-refractivity contribution in [2.75, 3.05) is 6.67 Å². The van der Waals surface area contributed by atoms with E-state index in [0.29, 0.717) is 4.57 Å². The molecule has 0 aromatic carbocycles. The highest BCUT2D eigenvalue weighted by atomic mass is 35.5. The van der Waals surface area contributed by atoms with Crippen LogP contribution in [0.15, 0.2) is 21.9 Å². The number of aliphatic hydroxyl groups excluding tert-OH is 1. The van der Waals surface area contributed by atoms with Gasteiger partial charge in [-0.3, -0.25) is 18.9 Å². The number of hydrogen-bond acceptors (Lipinski definition) is 10. The summed E-state index contributed by atoms with van der Waals surface area (Å²) >= 11 is 6.10. The number of nitrogens with zero attached hydrogens (tertiary/aromatic N) is 1. The molecular formula is C11H17ClFN2O14P3. The molecule has 1 aromatic heterocycles. The Bertz CT molecular complexity index is 1110. The fourth-order valence-electron chi connectivity index (χ4n) is 2.75. The lowest BCUT2D eigenvalue weighted by Crippen LogP contribution is -2.47. The summed E-state index contributed by atoms with van der Waals surface area (Å²) in [6.45, 7) is -0.537. The number of nitrogens with one attached hydrogen (secondary N) is 1. The molecule has 32 heavy (non-hydrogen) atoms. The van der Waals surface area contributed by atoms with Gasteiger partial charge in [-0.2, -0.15) is 8.62 Å². The van der Waals surface area contributed by atoms with E-state index in [2.05, 4.69) is 13.1 Å². The minimum Gasteiger partial charge on any atom is -0.388 e. The fourth-order valence-corrected chi connectivity index (χ4v) is 6.23. The van der Waals surface area contributed by atoms with E-state index in [0.717, 1.165) is 19.2 Å². The van der Waals surface area contributed by atoms with Crippen molar-refractivity contribution in [2.45, 2.75) is 36.3 Å². The van der Waals surface area contributed by atoms with Gasteiger partial charge in [0.25, 0.3) is 5.56 Å². The number of phosphoric ester groups is 1. The molecule has 1 aliphatic rings. The van der Waals surface area contributed by atoms with Gasteiger partial charge < -0.3 is 29.4 Å². The van der Waals surface area contributed by atoms with E-state index in [-0.39, 0.29) is 0 Å². The first-order valence-electron chi connectivity index (χ1n) is 8.13. The fraction of sp³-hybridized carbons (Fsp3) is 0.636. The zero-order valence-corrected chi connectivity index (χ0v) is 19.1. The van der Waals surface area contributed by atoms with E-state index in [1.54, 1.807) is 0 Å². The highest BCUT2D eigenvalue weighted by Gasteiger charge is 2.59. The summed E-state index contributed by atoms with van der Waals surface area (Å²) in [6, 6.07) is 0.871. The third kappa shape index (κ3) is 6.42. The first kappa shape index (κ1) is 27.5. The molecule has 1 aliphatic heterocycles. The van der Waals surface area contributed by atoms with Crippen molar-refractivity contribution in [3.05, 3.63) is 33.1 Å². The van der Waals surface area contributed by atoms with Gasteiger partial charge in [-0.25, -0.2) is 22.9 Å². The number of phosphoric acid groups is 3. The van der Waals surface area contributed by atoms with Crippen LogP contribution in [-0.4, -0.2) is 64.1 Å². The van der Waals surface area contributed by atoms with E-state index in [1.807, 2.05) is 4.98 Å². The SMILES string of the molecule is C[C@H](OP(=O)(O)OP(=O)(O)OP(=O)(O)O)[C@H]1O[C@@H](n2ccc(=O)[nH]c2=O)[C@@](Cl)(CF)C1O. The number of ether oxygens (including phenoxy) is 1. The van der Waals surface area contributed by atoms with Crippen molar-refractivity contribution < 1.29 is 60.6 Å². The standard InChI is InChI=1S/C11H17ClFN2O14P3/c1-5(27-31(22,23)29-32(24,25)28-30(19,20)21)7-8(17)11(12,4-13)9(26-7)15-3-2-6(16)14-10(15)18/h2-3,5,7-9,17H,4H2,1H3,(H,22,23)(H,24,25)(H,14,16,18)(H2,19,20,21)/t5-,7+,8?,9+,11+/m0/s1. The monoisotopic (exact) mass is 548 g/mol. The van der Waals surface area contributed by atoms with E-state index >= 15 is 0 Å². The van der Waals surface area contributed by atoms with Gasteiger partial charge in [0, 0.05) is 12.3 Å². The van der Waals surface area contributed by atoms with Crippen molar-refractivity contribution in [1.82, 2.24) is 9.55 Å². The molecule has 2 heterocycles. The molecule has 0 saturated carbocycles. The average Bonchev–Trinajstić information content (AvgIpc) is 2.84. The van der Waals surface area contributed by atoms with Crippen molar-refractivity contribution in [2.24, 2.45) is 0 Å². The van der Waals surface area contributed by atoms with Crippen molar-refractivity contribution in [3.63, 3.8) is 0 Å². The number of hydrogen-bond donors (Lipinski definition) is 6. The van der Waals surface area contributed by atoms with Gasteiger partial charge in [0.1, 0.15) is 23.8 Å². The van der Waals surface area contributed by atoms with Crippen LogP contribution in [-0.2, 0) is 31.6 Å². The van der Waals surface area contributed by atoms with Crippen LogP contribution in [0.25, 0.3) is 0 Å². The number of aromatic amines is 1. The van der Waals surface area contributed by atoms with Gasteiger partial charge in [-0.1, -0.05) is 0 Å². The van der Waals surface area contributed by atoms with Crippen LogP contribution in [0.3, 0.4) is 0 Å². The number of aliphatic hydroxyl groups is 1. The maximum Gasteiger partial charge on any atom is 0.490 e. The number of halogens is 2. The lowest BCUT2D eigenvalue weighted by Gasteiger charge is -2.28. The Kier molecular flexibility index (Phi) is 8.13. The maximum atomic E-state index is 13.7. The van der Waals surface area contributed by atoms with Gasteiger partial charge in [0.05, 0.1) is 6.10 Å². The summed E-state index contributed by atoms with van der Waals surface area (Å²) < 4.78 is 65.4. The van der Waals surface area contributed by atoms with E-state index in [4.69, 9.17) is 31.0 Å². The molecule has 1 saturated heterocycles. The van der Waals surface area contributed by atoms with Crippen molar-refractivity contribution >= 4 is 35.1 Å². The lowest BCUT2D eigenvalue weighted by atomic mass is 9.97. The Balaban J connectivity index is 2.26. The Morgan fingerprint density at radius 1 is 1.25 bits per heavy atom. The molecule has 0 amide bonds. The van der Waals surface area contributed by atoms with Crippen LogP contribution < -0.4 is 11.2 Å². The van der Waals surface area contributed by atoms with Crippen molar-refractivity contribution in [3.8, 4) is 0 Å². The van der Waals surface area contributed by atoms with E-state index in [9.17, 15) is 37.7 Å². The zero-order chi connectivity index (χ0) is 24.7. The molecule has 0 bridgehead atoms. The third-order valence-electron chi connectivity index (χ3n) is 3.99. The maximum absolute atomic E-state index is 13.7. The Morgan fingerprint density at radius 3 is 2.34 bits per heavy atom. The molecular weight excluding hydrogens is 531 g/mol. The number of aromatic nitrogens is 2. The van der Waals surface area contributed by atoms with Gasteiger partial charge >= 0.3 is 29.2 Å². The molecule has 3 unspecified atom stereocenters. The van der Waals surface area contributed by atoms with Gasteiger partial charge in [0.15, 0.2) is 6.23 Å². The smallest absolute Gasteiger partial charge is 0.388 e. The first-order chi connectivity index (χ1) is 14.4. The zero-order valence-electron chi connectivity index (χ0n) is 15.6. The molecule has 0 radical (unpaired) electrons. The highest BCUT2D eigenvalue weighted by molar-refractivity contribution is 7.66. The third-order valence-corrected chi connectivity index (χ3v) is 8.42. The second-order valence-corrected chi connectivity index (χ2v) is 11.5. The quantitative estimate of drug-likeness (QED) is 0.168. The van der Waals surface area contributed by atoms with Crippen LogP contribution in [0.4, 0.5) is 4.39 Å². The molecule has 16 nitrogen and oxygen atoms in total. The summed E-state index contributed by atoms with van der Waals surface area (Å²) in [4.78, 5) is 58.5. The highest BCUT2D eigenvalue weighted by Crippen LogP contribution is 2.66. The normalized spacial score (nSPS) is 31.1. The largest absolute Gasteiger partial charge is 0.490 e. The van der Waals surface area contributed by atoms with Crippen molar-refractivity contribution in [1.29, 1.82) is 0 Å². The Morgan fingerprint density at radius 2 is 1.84 bits per heavy atom. The average molecular weight is 549 g/mol. The number of rotatable bonds is 9. The summed E-state index contributed by atoms with van der Waals surface area (Å²) in [5.41, 5.74) is -1.89. The Labute approximate surface area is 181 Å². The minimum atomic E-state index is -5.81. The molecule has 2 rings (SSSR count). The van der Waals surface area contributed by atoms with Crippen LogP contribution in [0.1, 0.15) is 13.2 Å². The second kappa shape index (κ2) is 9.47. The summed E-state index contributed by atoms with van der Waals surface area (Å²) in [6.07, 6.45) is -6.40. The summed E-state index contributed by atoms with van der Waals surface area (Å²) in [7, 11) is -17.0. The topological polar surface area (TPSA) is 244 Å². The van der Waals surface area contributed by atoms with E-state index in [1.165, 1.54) is 0 Å². The van der Waals surface area contributed by atoms with Crippen LogP contribution in [0, 0.1) is 0 Å². The molecule has 21 heteroatoms. The minimum absolute atomic E-state index is 0.634. The lowest BCUT2D eigenvalue weighted by molar-refractivity contribution is -0.0755. The predicted octanol–water partition coefficient (Wildman–Crippen LogP) is -0.526. The summed E-state index contributed by atoms with van der Waals surface area (Å²) in [5.74, 6) is 0. The van der Waals surface area contributed by atoms with Gasteiger partial charge in [-0.05, 0) is 6.92 Å². The molecule has 1 aromatic rings. The second-order valence-electron chi connectivity index (χ2n) is 6.38. The van der Waals surface area contributed by atoms with Crippen LogP contribution in [0.2, 0.25) is 0 Å². The number of alkyl halides is 2. The first-order valence-corrected chi connectivity index (χ1v) is 13.0. The molecule has 184 valence electrons.